The van der Waals surface area contributed by atoms with E-state index >= 15 is 0 Å². The normalized spacial score (nSPS) is 21.4. The summed E-state index contributed by atoms with van der Waals surface area (Å²) in [5.74, 6) is 0. The predicted molar refractivity (Wildman–Crippen MR) is 75.0 cm³/mol. The van der Waals surface area contributed by atoms with Gasteiger partial charge in [-0.3, -0.25) is 0 Å². The second-order valence-corrected chi connectivity index (χ2v) is 4.62. The van der Waals surface area contributed by atoms with Crippen LogP contribution in [0.15, 0.2) is 54.6 Å². The van der Waals surface area contributed by atoms with Crippen molar-refractivity contribution in [2.45, 2.75) is 12.3 Å². The predicted octanol–water partition coefficient (Wildman–Crippen LogP) is 3.11. The van der Waals surface area contributed by atoms with E-state index in [2.05, 4.69) is 17.4 Å². The van der Waals surface area contributed by atoms with Crippen LogP contribution in [0.3, 0.4) is 0 Å². The third-order valence-electron chi connectivity index (χ3n) is 3.38. The molecule has 1 N–H and O–H groups in total. The van der Waals surface area contributed by atoms with Crippen molar-refractivity contribution in [1.29, 1.82) is 0 Å². The number of carbonyl (C=O) groups is 1. The fourth-order valence-electron chi connectivity index (χ4n) is 2.34. The first kappa shape index (κ1) is 12.7. The molecule has 0 radical (unpaired) electrons. The molecule has 20 heavy (non-hydrogen) atoms. The van der Waals surface area contributed by atoms with Gasteiger partial charge in [0.05, 0.1) is 0 Å². The summed E-state index contributed by atoms with van der Waals surface area (Å²) in [6.45, 7) is 0. The van der Waals surface area contributed by atoms with Crippen molar-refractivity contribution >= 4 is 6.09 Å². The third kappa shape index (κ3) is 2.38. The van der Waals surface area contributed by atoms with E-state index in [1.165, 1.54) is 7.11 Å². The SMILES string of the molecule is CO[C@H]1OC(=O)N[C@@H]1c1ccc(-c2ccccc2)cc1. The Balaban J connectivity index is 1.85. The topological polar surface area (TPSA) is 47.6 Å². The molecule has 102 valence electrons. The maximum absolute atomic E-state index is 11.3. The molecule has 1 fully saturated rings. The minimum atomic E-state index is -0.579. The molecule has 4 nitrogen and oxygen atoms in total. The fraction of sp³-hybridized carbons (Fsp3) is 0.188. The Kier molecular flexibility index (Phi) is 3.39. The van der Waals surface area contributed by atoms with Crippen LogP contribution in [0.2, 0.25) is 0 Å². The van der Waals surface area contributed by atoms with E-state index in [1.807, 2.05) is 42.5 Å². The van der Waals surface area contributed by atoms with Gasteiger partial charge < -0.3 is 14.8 Å². The molecule has 0 unspecified atom stereocenters. The van der Waals surface area contributed by atoms with E-state index in [4.69, 9.17) is 9.47 Å². The van der Waals surface area contributed by atoms with Crippen molar-refractivity contribution < 1.29 is 14.3 Å². The van der Waals surface area contributed by atoms with Crippen molar-refractivity contribution in [3.8, 4) is 11.1 Å². The number of amides is 1. The van der Waals surface area contributed by atoms with Crippen LogP contribution < -0.4 is 5.32 Å². The van der Waals surface area contributed by atoms with Gasteiger partial charge in [-0.1, -0.05) is 54.6 Å². The Morgan fingerprint density at radius 2 is 1.65 bits per heavy atom. The van der Waals surface area contributed by atoms with Gasteiger partial charge in [0.15, 0.2) is 0 Å². The van der Waals surface area contributed by atoms with Gasteiger partial charge in [-0.2, -0.15) is 0 Å². The summed E-state index contributed by atoms with van der Waals surface area (Å²) in [5.41, 5.74) is 3.25. The molecule has 1 amide bonds. The van der Waals surface area contributed by atoms with Gasteiger partial charge in [-0.05, 0) is 16.7 Å². The molecule has 0 spiro atoms. The molecule has 4 heteroatoms. The van der Waals surface area contributed by atoms with Gasteiger partial charge >= 0.3 is 6.09 Å². The van der Waals surface area contributed by atoms with E-state index in [9.17, 15) is 4.79 Å². The number of ether oxygens (including phenoxy) is 2. The molecule has 1 aliphatic rings. The summed E-state index contributed by atoms with van der Waals surface area (Å²) in [6, 6.07) is 17.9. The number of hydrogen-bond acceptors (Lipinski definition) is 3. The van der Waals surface area contributed by atoms with E-state index < -0.39 is 12.4 Å². The fourth-order valence-corrected chi connectivity index (χ4v) is 2.34. The van der Waals surface area contributed by atoms with Crippen LogP contribution in [0, 0.1) is 0 Å². The van der Waals surface area contributed by atoms with Crippen LogP contribution in [0.25, 0.3) is 11.1 Å². The van der Waals surface area contributed by atoms with Crippen LogP contribution in [0.4, 0.5) is 4.79 Å². The summed E-state index contributed by atoms with van der Waals surface area (Å²) in [5, 5.41) is 2.74. The van der Waals surface area contributed by atoms with Gasteiger partial charge in [0.1, 0.15) is 6.04 Å². The van der Waals surface area contributed by atoms with E-state index in [0.717, 1.165) is 16.7 Å². The lowest BCUT2D eigenvalue weighted by Crippen LogP contribution is -2.23. The van der Waals surface area contributed by atoms with Crippen molar-refractivity contribution in [2.75, 3.05) is 7.11 Å². The Morgan fingerprint density at radius 1 is 1.00 bits per heavy atom. The van der Waals surface area contributed by atoms with Crippen LogP contribution in [-0.2, 0) is 9.47 Å². The zero-order chi connectivity index (χ0) is 13.9. The second kappa shape index (κ2) is 5.35. The summed E-state index contributed by atoms with van der Waals surface area (Å²) in [4.78, 5) is 11.3. The van der Waals surface area contributed by atoms with Crippen LogP contribution in [0.1, 0.15) is 11.6 Å². The lowest BCUT2D eigenvalue weighted by Gasteiger charge is -2.15. The average molecular weight is 269 g/mol. The summed E-state index contributed by atoms with van der Waals surface area (Å²) in [6.07, 6.45) is -1.03. The lowest BCUT2D eigenvalue weighted by atomic mass is 10.0. The molecule has 0 saturated carbocycles. The maximum Gasteiger partial charge on any atom is 0.410 e. The molecule has 3 rings (SSSR count). The number of carbonyl (C=O) groups excluding carboxylic acids is 1. The molecule has 0 aromatic heterocycles. The Bertz CT molecular complexity index is 595. The summed E-state index contributed by atoms with van der Waals surface area (Å²) < 4.78 is 10.2. The van der Waals surface area contributed by atoms with E-state index in [-0.39, 0.29) is 6.04 Å². The Morgan fingerprint density at radius 3 is 2.30 bits per heavy atom. The van der Waals surface area contributed by atoms with Crippen LogP contribution in [0.5, 0.6) is 0 Å². The number of alkyl carbamates (subject to hydrolysis) is 1. The molecule has 0 bridgehead atoms. The molecule has 1 heterocycles. The van der Waals surface area contributed by atoms with Gasteiger partial charge in [0, 0.05) is 7.11 Å². The van der Waals surface area contributed by atoms with Crippen molar-refractivity contribution in [3.05, 3.63) is 60.2 Å². The first-order valence-corrected chi connectivity index (χ1v) is 6.43. The monoisotopic (exact) mass is 269 g/mol. The molecule has 0 aliphatic carbocycles. The first-order chi connectivity index (χ1) is 9.78. The van der Waals surface area contributed by atoms with E-state index in [1.54, 1.807) is 0 Å². The van der Waals surface area contributed by atoms with Crippen LogP contribution >= 0.6 is 0 Å². The molecule has 2 atom stereocenters. The summed E-state index contributed by atoms with van der Waals surface area (Å²) >= 11 is 0. The summed E-state index contributed by atoms with van der Waals surface area (Å²) in [7, 11) is 1.52. The Labute approximate surface area is 117 Å². The standard InChI is InChI=1S/C16H15NO3/c1-19-15-14(17-16(18)20-15)13-9-7-12(8-10-13)11-5-3-2-4-6-11/h2-10,14-15H,1H3,(H,17,18)/t14-,15+/m1/s1. The number of hydrogen-bond donors (Lipinski definition) is 1. The van der Waals surface area contributed by atoms with Gasteiger partial charge in [0.2, 0.25) is 6.29 Å². The minimum Gasteiger partial charge on any atom is -0.417 e. The quantitative estimate of drug-likeness (QED) is 0.931. The number of nitrogens with one attached hydrogen (secondary N) is 1. The number of rotatable bonds is 3. The number of methoxy groups -OCH3 is 1. The van der Waals surface area contributed by atoms with Gasteiger partial charge in [-0.25, -0.2) is 4.79 Å². The Hall–Kier alpha value is -2.33. The maximum atomic E-state index is 11.3. The second-order valence-electron chi connectivity index (χ2n) is 4.62. The average Bonchev–Trinajstić information content (AvgIpc) is 2.89. The number of benzene rings is 2. The van der Waals surface area contributed by atoms with Gasteiger partial charge in [0.25, 0.3) is 0 Å². The molecule has 1 saturated heterocycles. The van der Waals surface area contributed by atoms with Crippen LogP contribution in [-0.4, -0.2) is 19.5 Å². The van der Waals surface area contributed by atoms with Crippen molar-refractivity contribution in [3.63, 3.8) is 0 Å². The molecule has 2 aromatic carbocycles. The largest absolute Gasteiger partial charge is 0.417 e. The van der Waals surface area contributed by atoms with Crippen molar-refractivity contribution in [2.24, 2.45) is 0 Å². The molecule has 2 aromatic rings. The zero-order valence-electron chi connectivity index (χ0n) is 11.1. The van der Waals surface area contributed by atoms with E-state index in [0.29, 0.717) is 0 Å². The zero-order valence-corrected chi connectivity index (χ0v) is 11.1. The highest BCUT2D eigenvalue weighted by molar-refractivity contribution is 5.71. The smallest absolute Gasteiger partial charge is 0.410 e. The molecular formula is C16H15NO3. The minimum absolute atomic E-state index is 0.266. The van der Waals surface area contributed by atoms with Gasteiger partial charge in [-0.15, -0.1) is 0 Å². The highest BCUT2D eigenvalue weighted by Crippen LogP contribution is 2.27. The molecule has 1 aliphatic heterocycles. The third-order valence-corrected chi connectivity index (χ3v) is 3.38. The molecular weight excluding hydrogens is 254 g/mol. The highest BCUT2D eigenvalue weighted by atomic mass is 16.7. The highest BCUT2D eigenvalue weighted by Gasteiger charge is 2.35. The van der Waals surface area contributed by atoms with Crippen molar-refractivity contribution in [1.82, 2.24) is 5.32 Å². The number of cyclic esters (lactones) is 1. The lowest BCUT2D eigenvalue weighted by molar-refractivity contribution is -0.0682. The first-order valence-electron chi connectivity index (χ1n) is 6.43.